The van der Waals surface area contributed by atoms with Crippen molar-refractivity contribution in [1.82, 2.24) is 0 Å². The van der Waals surface area contributed by atoms with E-state index in [1.807, 2.05) is 18.2 Å². The van der Waals surface area contributed by atoms with Crippen molar-refractivity contribution in [2.24, 2.45) is 5.73 Å². The van der Waals surface area contributed by atoms with Crippen LogP contribution in [0.25, 0.3) is 11.1 Å². The monoisotopic (exact) mass is 297 g/mol. The van der Waals surface area contributed by atoms with Gasteiger partial charge in [0.05, 0.1) is 7.11 Å². The van der Waals surface area contributed by atoms with Gasteiger partial charge in [0.2, 0.25) is 0 Å². The molecular weight excluding hydrogens is 283 g/mol. The zero-order valence-electron chi connectivity index (χ0n) is 11.3. The summed E-state index contributed by atoms with van der Waals surface area (Å²) in [6.45, 7) is -0.0611. The molecule has 0 aliphatic carbocycles. The second-order valence-corrected chi connectivity index (χ2v) is 4.27. The van der Waals surface area contributed by atoms with Crippen LogP contribution >= 0.6 is 0 Å². The Labute approximate surface area is 120 Å². The van der Waals surface area contributed by atoms with Crippen LogP contribution in [-0.4, -0.2) is 13.5 Å². The van der Waals surface area contributed by atoms with Crippen LogP contribution in [-0.2, 0) is 6.54 Å². The van der Waals surface area contributed by atoms with Gasteiger partial charge in [0.15, 0.2) is 0 Å². The number of rotatable bonds is 4. The molecule has 0 saturated carbocycles. The minimum absolute atomic E-state index is 0.0611. The van der Waals surface area contributed by atoms with Gasteiger partial charge in [-0.3, -0.25) is 0 Å². The second-order valence-electron chi connectivity index (χ2n) is 4.27. The molecule has 2 N–H and O–H groups in total. The van der Waals surface area contributed by atoms with E-state index in [9.17, 15) is 13.2 Å². The Balaban J connectivity index is 2.43. The number of alkyl halides is 3. The maximum absolute atomic E-state index is 12.3. The number of methoxy groups -OCH3 is 1. The van der Waals surface area contributed by atoms with Crippen LogP contribution in [0.2, 0.25) is 0 Å². The van der Waals surface area contributed by atoms with E-state index in [-0.39, 0.29) is 17.9 Å². The van der Waals surface area contributed by atoms with Crippen LogP contribution in [0.4, 0.5) is 13.2 Å². The molecule has 0 atom stereocenters. The van der Waals surface area contributed by atoms with E-state index in [1.54, 1.807) is 12.1 Å². The number of hydrogen-bond donors (Lipinski definition) is 1. The summed E-state index contributed by atoms with van der Waals surface area (Å²) in [6.07, 6.45) is -4.74. The van der Waals surface area contributed by atoms with E-state index in [1.165, 1.54) is 19.2 Å². The van der Waals surface area contributed by atoms with Gasteiger partial charge in [-0.25, -0.2) is 0 Å². The van der Waals surface area contributed by atoms with Crippen LogP contribution in [0.1, 0.15) is 5.56 Å². The Hall–Kier alpha value is -2.21. The summed E-state index contributed by atoms with van der Waals surface area (Å²) in [7, 11) is 1.53. The minimum atomic E-state index is -4.74. The lowest BCUT2D eigenvalue weighted by molar-refractivity contribution is -0.274. The molecule has 0 fully saturated rings. The van der Waals surface area contributed by atoms with Gasteiger partial charge in [0.25, 0.3) is 0 Å². The molecule has 0 aromatic heterocycles. The highest BCUT2D eigenvalue weighted by atomic mass is 19.4. The first-order valence-electron chi connectivity index (χ1n) is 6.16. The molecule has 6 heteroatoms. The molecule has 0 radical (unpaired) electrons. The maximum Gasteiger partial charge on any atom is 0.573 e. The molecule has 0 bridgehead atoms. The molecule has 0 amide bonds. The molecule has 0 spiro atoms. The van der Waals surface area contributed by atoms with E-state index >= 15 is 0 Å². The van der Waals surface area contributed by atoms with Crippen molar-refractivity contribution >= 4 is 0 Å². The third kappa shape index (κ3) is 3.66. The molecule has 2 rings (SSSR count). The first-order valence-corrected chi connectivity index (χ1v) is 6.16. The number of benzene rings is 2. The smallest absolute Gasteiger partial charge is 0.496 e. The Morgan fingerprint density at radius 1 is 1.05 bits per heavy atom. The lowest BCUT2D eigenvalue weighted by atomic mass is 10.0. The van der Waals surface area contributed by atoms with Crippen molar-refractivity contribution in [1.29, 1.82) is 0 Å². The van der Waals surface area contributed by atoms with Gasteiger partial charge < -0.3 is 15.2 Å². The highest BCUT2D eigenvalue weighted by molar-refractivity contribution is 5.71. The quantitative estimate of drug-likeness (QED) is 0.935. The highest BCUT2D eigenvalue weighted by Crippen LogP contribution is 2.34. The number of halogens is 3. The summed E-state index contributed by atoms with van der Waals surface area (Å²) in [5.41, 5.74) is 7.26. The van der Waals surface area contributed by atoms with E-state index < -0.39 is 6.36 Å². The first-order chi connectivity index (χ1) is 9.94. The fourth-order valence-electron chi connectivity index (χ4n) is 2.01. The van der Waals surface area contributed by atoms with Crippen molar-refractivity contribution in [3.8, 4) is 22.6 Å². The van der Waals surface area contributed by atoms with Gasteiger partial charge in [-0.15, -0.1) is 13.2 Å². The molecule has 3 nitrogen and oxygen atoms in total. The number of nitrogens with two attached hydrogens (primary N) is 1. The van der Waals surface area contributed by atoms with E-state index in [2.05, 4.69) is 4.74 Å². The summed E-state index contributed by atoms with van der Waals surface area (Å²) in [6, 6.07) is 11.6. The molecular formula is C15H14F3NO2. The summed E-state index contributed by atoms with van der Waals surface area (Å²) < 4.78 is 46.2. The van der Waals surface area contributed by atoms with Gasteiger partial charge in [0, 0.05) is 17.7 Å². The summed E-state index contributed by atoms with van der Waals surface area (Å²) in [5.74, 6) is 0.341. The third-order valence-electron chi connectivity index (χ3n) is 2.92. The normalized spacial score (nSPS) is 11.3. The number of ether oxygens (including phenoxy) is 2. The molecule has 21 heavy (non-hydrogen) atoms. The molecule has 112 valence electrons. The van der Waals surface area contributed by atoms with Gasteiger partial charge >= 0.3 is 6.36 Å². The number of hydrogen-bond acceptors (Lipinski definition) is 3. The Morgan fingerprint density at radius 2 is 1.76 bits per heavy atom. The van der Waals surface area contributed by atoms with Crippen molar-refractivity contribution in [2.45, 2.75) is 12.9 Å². The lowest BCUT2D eigenvalue weighted by Crippen LogP contribution is -2.18. The Kier molecular flexibility index (Phi) is 4.37. The van der Waals surface area contributed by atoms with Gasteiger partial charge in [-0.05, 0) is 23.8 Å². The zero-order chi connectivity index (χ0) is 15.5. The minimum Gasteiger partial charge on any atom is -0.496 e. The van der Waals surface area contributed by atoms with Crippen LogP contribution in [0.3, 0.4) is 0 Å². The predicted octanol–water partition coefficient (Wildman–Crippen LogP) is 3.72. The first kappa shape index (κ1) is 15.2. The molecule has 2 aromatic carbocycles. The standard InChI is InChI=1S/C15H14F3NO2/c1-20-14-5-3-2-4-12(14)10-6-7-13(11(8-10)9-19)21-15(16,17)18/h2-8H,9,19H2,1H3. The van der Waals surface area contributed by atoms with E-state index in [0.717, 1.165) is 5.56 Å². The van der Waals surface area contributed by atoms with E-state index in [4.69, 9.17) is 10.5 Å². The molecule has 0 aliphatic rings. The zero-order valence-corrected chi connectivity index (χ0v) is 11.3. The van der Waals surface area contributed by atoms with Crippen molar-refractivity contribution in [3.05, 3.63) is 48.0 Å². The maximum atomic E-state index is 12.3. The fraction of sp³-hybridized carbons (Fsp3) is 0.200. The molecule has 0 unspecified atom stereocenters. The average Bonchev–Trinajstić information content (AvgIpc) is 2.46. The molecule has 0 saturated heterocycles. The van der Waals surface area contributed by atoms with Crippen LogP contribution in [0.15, 0.2) is 42.5 Å². The molecule has 2 aromatic rings. The van der Waals surface area contributed by atoms with Crippen molar-refractivity contribution in [2.75, 3.05) is 7.11 Å². The summed E-state index contributed by atoms with van der Waals surface area (Å²) in [4.78, 5) is 0. The predicted molar refractivity (Wildman–Crippen MR) is 73.0 cm³/mol. The van der Waals surface area contributed by atoms with Gasteiger partial charge in [-0.1, -0.05) is 24.3 Å². The Bertz CT molecular complexity index is 627. The SMILES string of the molecule is COc1ccccc1-c1ccc(OC(F)(F)F)c(CN)c1. The molecule has 0 heterocycles. The summed E-state index contributed by atoms with van der Waals surface area (Å²) in [5, 5.41) is 0. The number of para-hydroxylation sites is 1. The lowest BCUT2D eigenvalue weighted by Gasteiger charge is -2.14. The van der Waals surface area contributed by atoms with Crippen LogP contribution < -0.4 is 15.2 Å². The van der Waals surface area contributed by atoms with Crippen molar-refractivity contribution < 1.29 is 22.6 Å². The van der Waals surface area contributed by atoms with Crippen LogP contribution in [0, 0.1) is 0 Å². The average molecular weight is 297 g/mol. The Morgan fingerprint density at radius 3 is 2.38 bits per heavy atom. The largest absolute Gasteiger partial charge is 0.573 e. The second kappa shape index (κ2) is 6.05. The topological polar surface area (TPSA) is 44.5 Å². The fourth-order valence-corrected chi connectivity index (χ4v) is 2.01. The third-order valence-corrected chi connectivity index (χ3v) is 2.92. The molecule has 0 aliphatic heterocycles. The summed E-state index contributed by atoms with van der Waals surface area (Å²) >= 11 is 0. The van der Waals surface area contributed by atoms with E-state index in [0.29, 0.717) is 11.3 Å². The van der Waals surface area contributed by atoms with Crippen LogP contribution in [0.5, 0.6) is 11.5 Å². The van der Waals surface area contributed by atoms with Crippen molar-refractivity contribution in [3.63, 3.8) is 0 Å². The van der Waals surface area contributed by atoms with Gasteiger partial charge in [-0.2, -0.15) is 0 Å². The highest BCUT2D eigenvalue weighted by Gasteiger charge is 2.32. The van der Waals surface area contributed by atoms with Gasteiger partial charge in [0.1, 0.15) is 11.5 Å².